The summed E-state index contributed by atoms with van der Waals surface area (Å²) in [4.78, 5) is 31.3. The second-order valence-electron chi connectivity index (χ2n) is 6.72. The number of fused-ring (bicyclic) bond motifs is 2. The molecule has 1 aliphatic rings. The molecular formula is C19H21N5O3. The van der Waals surface area contributed by atoms with Gasteiger partial charge in [0.15, 0.2) is 0 Å². The van der Waals surface area contributed by atoms with Gasteiger partial charge in [0.1, 0.15) is 6.54 Å². The lowest BCUT2D eigenvalue weighted by Crippen LogP contribution is -2.41. The van der Waals surface area contributed by atoms with Crippen molar-refractivity contribution in [3.63, 3.8) is 0 Å². The molecule has 8 heteroatoms. The smallest absolute Gasteiger partial charge is 0.261 e. The zero-order valence-corrected chi connectivity index (χ0v) is 15.1. The van der Waals surface area contributed by atoms with E-state index in [1.54, 1.807) is 23.1 Å². The number of aliphatic hydroxyl groups is 1. The standard InChI is InChI=1S/C19H21N5O3/c1-2-17(25)16-9-13-10-22(7-8-24(13)21-16)18(26)11-23-12-20-15-6-4-3-5-14(15)19(23)27/h3-6,9,12,17,25H,2,7-8,10-11H2,1H3/t17-/m1/s1. The molecule has 1 atom stereocenters. The summed E-state index contributed by atoms with van der Waals surface area (Å²) < 4.78 is 3.19. The molecule has 3 heterocycles. The van der Waals surface area contributed by atoms with Crippen LogP contribution in [-0.4, -0.2) is 41.8 Å². The Balaban J connectivity index is 1.52. The summed E-state index contributed by atoms with van der Waals surface area (Å²) in [5.74, 6) is -0.140. The van der Waals surface area contributed by atoms with E-state index in [0.717, 1.165) is 5.69 Å². The first kappa shape index (κ1) is 17.4. The Bertz CT molecular complexity index is 1050. The van der Waals surface area contributed by atoms with Crippen molar-refractivity contribution in [1.29, 1.82) is 0 Å². The Morgan fingerprint density at radius 1 is 1.30 bits per heavy atom. The lowest BCUT2D eigenvalue weighted by atomic mass is 10.2. The van der Waals surface area contributed by atoms with E-state index in [1.165, 1.54) is 10.9 Å². The molecule has 0 saturated heterocycles. The maximum atomic E-state index is 12.7. The molecule has 1 aromatic carbocycles. The molecule has 140 valence electrons. The van der Waals surface area contributed by atoms with Crippen LogP contribution in [-0.2, 0) is 24.4 Å². The fourth-order valence-corrected chi connectivity index (χ4v) is 3.34. The van der Waals surface area contributed by atoms with Crippen molar-refractivity contribution in [3.05, 3.63) is 58.4 Å². The molecule has 0 bridgehead atoms. The van der Waals surface area contributed by atoms with E-state index in [0.29, 0.717) is 42.7 Å². The van der Waals surface area contributed by atoms with Crippen molar-refractivity contribution < 1.29 is 9.90 Å². The van der Waals surface area contributed by atoms with E-state index in [-0.39, 0.29) is 18.0 Å². The molecule has 4 rings (SSSR count). The number of benzene rings is 1. The van der Waals surface area contributed by atoms with Crippen LogP contribution >= 0.6 is 0 Å². The first-order chi connectivity index (χ1) is 13.1. The molecule has 0 fully saturated rings. The Labute approximate surface area is 155 Å². The van der Waals surface area contributed by atoms with Gasteiger partial charge in [0.05, 0.1) is 47.8 Å². The maximum absolute atomic E-state index is 12.7. The summed E-state index contributed by atoms with van der Waals surface area (Å²) in [6, 6.07) is 8.94. The molecule has 1 N–H and O–H groups in total. The largest absolute Gasteiger partial charge is 0.387 e. The van der Waals surface area contributed by atoms with Gasteiger partial charge >= 0.3 is 0 Å². The zero-order chi connectivity index (χ0) is 19.0. The number of rotatable bonds is 4. The molecular weight excluding hydrogens is 346 g/mol. The van der Waals surface area contributed by atoms with E-state index < -0.39 is 6.10 Å². The van der Waals surface area contributed by atoms with Crippen molar-refractivity contribution >= 4 is 16.8 Å². The Morgan fingerprint density at radius 3 is 2.93 bits per heavy atom. The van der Waals surface area contributed by atoms with Crippen LogP contribution < -0.4 is 5.56 Å². The van der Waals surface area contributed by atoms with Gasteiger partial charge in [0.2, 0.25) is 5.91 Å². The van der Waals surface area contributed by atoms with E-state index >= 15 is 0 Å². The van der Waals surface area contributed by atoms with Crippen LogP contribution in [0.2, 0.25) is 0 Å². The summed E-state index contributed by atoms with van der Waals surface area (Å²) in [5.41, 5.74) is 1.93. The number of carbonyl (C=O) groups excluding carboxylic acids is 1. The zero-order valence-electron chi connectivity index (χ0n) is 15.1. The van der Waals surface area contributed by atoms with Gasteiger partial charge < -0.3 is 10.0 Å². The van der Waals surface area contributed by atoms with Crippen LogP contribution in [0.25, 0.3) is 10.9 Å². The van der Waals surface area contributed by atoms with Crippen LogP contribution in [0.15, 0.2) is 41.5 Å². The minimum Gasteiger partial charge on any atom is -0.387 e. The van der Waals surface area contributed by atoms with Crippen LogP contribution in [0.1, 0.15) is 30.8 Å². The lowest BCUT2D eigenvalue weighted by Gasteiger charge is -2.27. The summed E-state index contributed by atoms with van der Waals surface area (Å²) in [5, 5.41) is 14.9. The van der Waals surface area contributed by atoms with Gasteiger partial charge in [0.25, 0.3) is 5.56 Å². The lowest BCUT2D eigenvalue weighted by molar-refractivity contribution is -0.133. The highest BCUT2D eigenvalue weighted by Crippen LogP contribution is 2.20. The van der Waals surface area contributed by atoms with Gasteiger partial charge in [-0.1, -0.05) is 19.1 Å². The number of hydrogen-bond donors (Lipinski definition) is 1. The molecule has 0 saturated carbocycles. The highest BCUT2D eigenvalue weighted by Gasteiger charge is 2.24. The third-order valence-electron chi connectivity index (χ3n) is 4.93. The topological polar surface area (TPSA) is 93.2 Å². The van der Waals surface area contributed by atoms with E-state index in [4.69, 9.17) is 0 Å². The third-order valence-corrected chi connectivity index (χ3v) is 4.93. The predicted octanol–water partition coefficient (Wildman–Crippen LogP) is 1.08. The molecule has 2 aromatic heterocycles. The fraction of sp³-hybridized carbons (Fsp3) is 0.368. The number of aromatic nitrogens is 4. The minimum absolute atomic E-state index is 0.0464. The predicted molar refractivity (Wildman–Crippen MR) is 98.9 cm³/mol. The van der Waals surface area contributed by atoms with Gasteiger partial charge in [-0.3, -0.25) is 18.8 Å². The fourth-order valence-electron chi connectivity index (χ4n) is 3.34. The number of para-hydroxylation sites is 1. The van der Waals surface area contributed by atoms with Crippen molar-refractivity contribution in [2.45, 2.75) is 39.1 Å². The van der Waals surface area contributed by atoms with Crippen molar-refractivity contribution in [2.24, 2.45) is 0 Å². The normalized spacial score (nSPS) is 15.0. The number of aliphatic hydroxyl groups excluding tert-OH is 1. The van der Waals surface area contributed by atoms with E-state index in [1.807, 2.05) is 23.7 Å². The SMILES string of the molecule is CC[C@@H](O)c1cc2n(n1)CCN(C(=O)Cn1cnc3ccccc3c1=O)C2. The first-order valence-corrected chi connectivity index (χ1v) is 9.03. The third kappa shape index (κ3) is 3.23. The van der Waals surface area contributed by atoms with Crippen LogP contribution in [0.5, 0.6) is 0 Å². The van der Waals surface area contributed by atoms with Gasteiger partial charge in [-0.25, -0.2) is 4.98 Å². The summed E-state index contributed by atoms with van der Waals surface area (Å²) in [7, 11) is 0. The monoisotopic (exact) mass is 367 g/mol. The van der Waals surface area contributed by atoms with Gasteiger partial charge in [-0.2, -0.15) is 5.10 Å². The second-order valence-corrected chi connectivity index (χ2v) is 6.72. The number of carbonyl (C=O) groups is 1. The Hall–Kier alpha value is -3.00. The van der Waals surface area contributed by atoms with Gasteiger partial charge in [-0.05, 0) is 24.6 Å². The molecule has 0 spiro atoms. The van der Waals surface area contributed by atoms with Gasteiger partial charge in [0, 0.05) is 6.54 Å². The average Bonchev–Trinajstić information content (AvgIpc) is 3.13. The summed E-state index contributed by atoms with van der Waals surface area (Å²) in [6.07, 6.45) is 1.43. The first-order valence-electron chi connectivity index (χ1n) is 9.03. The Kier molecular flexibility index (Phi) is 4.49. The van der Waals surface area contributed by atoms with Crippen molar-refractivity contribution in [1.82, 2.24) is 24.2 Å². The Morgan fingerprint density at radius 2 is 2.11 bits per heavy atom. The molecule has 0 unspecified atom stereocenters. The summed E-state index contributed by atoms with van der Waals surface area (Å²) >= 11 is 0. The number of hydrogen-bond acceptors (Lipinski definition) is 5. The van der Waals surface area contributed by atoms with Crippen molar-refractivity contribution in [2.75, 3.05) is 6.54 Å². The molecule has 3 aromatic rings. The second kappa shape index (κ2) is 6.96. The molecule has 1 aliphatic heterocycles. The van der Waals surface area contributed by atoms with E-state index in [9.17, 15) is 14.7 Å². The molecule has 0 aliphatic carbocycles. The minimum atomic E-state index is -0.588. The molecule has 8 nitrogen and oxygen atoms in total. The maximum Gasteiger partial charge on any atom is 0.261 e. The summed E-state index contributed by atoms with van der Waals surface area (Å²) in [6.45, 7) is 3.36. The van der Waals surface area contributed by atoms with Crippen LogP contribution in [0.3, 0.4) is 0 Å². The average molecular weight is 367 g/mol. The highest BCUT2D eigenvalue weighted by molar-refractivity contribution is 5.79. The quantitative estimate of drug-likeness (QED) is 0.745. The van der Waals surface area contributed by atoms with Crippen molar-refractivity contribution in [3.8, 4) is 0 Å². The molecule has 0 radical (unpaired) electrons. The molecule has 1 amide bonds. The van der Waals surface area contributed by atoms with E-state index in [2.05, 4.69) is 10.1 Å². The van der Waals surface area contributed by atoms with Crippen LogP contribution in [0, 0.1) is 0 Å². The van der Waals surface area contributed by atoms with Gasteiger partial charge in [-0.15, -0.1) is 0 Å². The molecule has 27 heavy (non-hydrogen) atoms. The number of amides is 1. The van der Waals surface area contributed by atoms with Crippen LogP contribution in [0.4, 0.5) is 0 Å². The highest BCUT2D eigenvalue weighted by atomic mass is 16.3. The number of nitrogens with zero attached hydrogens (tertiary/aromatic N) is 5.